The predicted octanol–water partition coefficient (Wildman–Crippen LogP) is 4.80. The summed E-state index contributed by atoms with van der Waals surface area (Å²) >= 11 is 0. The standard InChI is InChI=1S/C24H23F3N2O3S/c25-24(26,27)20-7-4-8-21(17-20)29-23(30)14-11-19-9-12-22(13-10-19)33(31,32)28-16-15-18-5-2-1-3-6-18/h1-10,12-13,17,28H,11,14-16H2,(H,29,30). The molecule has 0 fully saturated rings. The number of alkyl halides is 3. The zero-order chi connectivity index (χ0) is 23.9. The lowest BCUT2D eigenvalue weighted by atomic mass is 10.1. The third-order valence-corrected chi connectivity index (χ3v) is 6.37. The molecule has 3 rings (SSSR count). The van der Waals surface area contributed by atoms with Crippen molar-refractivity contribution in [2.45, 2.75) is 30.3 Å². The van der Waals surface area contributed by atoms with Crippen LogP contribution in [-0.4, -0.2) is 20.9 Å². The number of rotatable bonds is 9. The molecular formula is C24H23F3N2O3S. The maximum Gasteiger partial charge on any atom is 0.416 e. The number of nitrogens with one attached hydrogen (secondary N) is 2. The number of carbonyl (C=O) groups excluding carboxylic acids is 1. The summed E-state index contributed by atoms with van der Waals surface area (Å²) in [6.07, 6.45) is -3.57. The van der Waals surface area contributed by atoms with Gasteiger partial charge in [-0.15, -0.1) is 0 Å². The Bertz CT molecular complexity index is 1180. The Morgan fingerprint density at radius 3 is 2.15 bits per heavy atom. The van der Waals surface area contributed by atoms with E-state index in [1.165, 1.54) is 24.3 Å². The van der Waals surface area contributed by atoms with E-state index in [0.29, 0.717) is 12.8 Å². The van der Waals surface area contributed by atoms with Crippen LogP contribution in [0.4, 0.5) is 18.9 Å². The van der Waals surface area contributed by atoms with Crippen LogP contribution in [0.15, 0.2) is 83.8 Å². The van der Waals surface area contributed by atoms with Crippen molar-refractivity contribution in [2.75, 3.05) is 11.9 Å². The molecule has 5 nitrogen and oxygen atoms in total. The van der Waals surface area contributed by atoms with Gasteiger partial charge < -0.3 is 5.32 Å². The van der Waals surface area contributed by atoms with Crippen LogP contribution < -0.4 is 10.0 Å². The molecule has 174 valence electrons. The van der Waals surface area contributed by atoms with Crippen molar-refractivity contribution in [3.05, 3.63) is 95.6 Å². The second-order valence-corrected chi connectivity index (χ2v) is 9.17. The van der Waals surface area contributed by atoms with E-state index in [0.717, 1.165) is 23.3 Å². The van der Waals surface area contributed by atoms with Crippen LogP contribution in [0.25, 0.3) is 0 Å². The van der Waals surface area contributed by atoms with Crippen molar-refractivity contribution in [3.8, 4) is 0 Å². The van der Waals surface area contributed by atoms with Crippen molar-refractivity contribution < 1.29 is 26.4 Å². The first-order valence-corrected chi connectivity index (χ1v) is 11.7. The van der Waals surface area contributed by atoms with Gasteiger partial charge in [0.15, 0.2) is 0 Å². The van der Waals surface area contributed by atoms with Gasteiger partial charge in [0, 0.05) is 18.7 Å². The molecule has 0 saturated carbocycles. The molecule has 0 heterocycles. The van der Waals surface area contributed by atoms with E-state index in [4.69, 9.17) is 0 Å². The summed E-state index contributed by atoms with van der Waals surface area (Å²) in [5.74, 6) is -0.436. The monoisotopic (exact) mass is 476 g/mol. The number of aryl methyl sites for hydroxylation is 1. The zero-order valence-corrected chi connectivity index (χ0v) is 18.4. The SMILES string of the molecule is O=C(CCc1ccc(S(=O)(=O)NCCc2ccccc2)cc1)Nc1cccc(C(F)(F)F)c1. The maximum atomic E-state index is 12.8. The van der Waals surface area contributed by atoms with Crippen molar-refractivity contribution in [1.29, 1.82) is 0 Å². The topological polar surface area (TPSA) is 75.3 Å². The highest BCUT2D eigenvalue weighted by atomic mass is 32.2. The number of hydrogen-bond donors (Lipinski definition) is 2. The number of benzene rings is 3. The number of halogens is 3. The van der Waals surface area contributed by atoms with Gasteiger partial charge in [-0.05, 0) is 54.3 Å². The number of carbonyl (C=O) groups is 1. The molecule has 0 aliphatic rings. The van der Waals surface area contributed by atoms with E-state index in [9.17, 15) is 26.4 Å². The van der Waals surface area contributed by atoms with Gasteiger partial charge in [-0.2, -0.15) is 13.2 Å². The first-order valence-electron chi connectivity index (χ1n) is 10.2. The van der Waals surface area contributed by atoms with Gasteiger partial charge in [0.2, 0.25) is 15.9 Å². The Labute approximate surface area is 190 Å². The molecule has 0 unspecified atom stereocenters. The minimum Gasteiger partial charge on any atom is -0.326 e. The molecular weight excluding hydrogens is 453 g/mol. The summed E-state index contributed by atoms with van der Waals surface area (Å²) in [5.41, 5.74) is 0.990. The number of sulfonamides is 1. The second-order valence-electron chi connectivity index (χ2n) is 7.40. The fourth-order valence-electron chi connectivity index (χ4n) is 3.15. The Balaban J connectivity index is 1.50. The van der Waals surface area contributed by atoms with Gasteiger partial charge >= 0.3 is 6.18 Å². The molecule has 0 radical (unpaired) electrons. The first-order chi connectivity index (χ1) is 15.6. The molecule has 0 bridgehead atoms. The highest BCUT2D eigenvalue weighted by Crippen LogP contribution is 2.30. The summed E-state index contributed by atoms with van der Waals surface area (Å²) in [6.45, 7) is 0.268. The maximum absolute atomic E-state index is 12.8. The molecule has 0 aliphatic carbocycles. The third-order valence-electron chi connectivity index (χ3n) is 4.90. The van der Waals surface area contributed by atoms with E-state index >= 15 is 0 Å². The van der Waals surface area contributed by atoms with E-state index in [1.807, 2.05) is 30.3 Å². The van der Waals surface area contributed by atoms with Crippen molar-refractivity contribution in [2.24, 2.45) is 0 Å². The average Bonchev–Trinajstić information content (AvgIpc) is 2.78. The fourth-order valence-corrected chi connectivity index (χ4v) is 4.18. The fraction of sp³-hybridized carbons (Fsp3) is 0.208. The predicted molar refractivity (Wildman–Crippen MR) is 120 cm³/mol. The van der Waals surface area contributed by atoms with Crippen LogP contribution in [0.2, 0.25) is 0 Å². The molecule has 3 aromatic rings. The Morgan fingerprint density at radius 1 is 0.818 bits per heavy atom. The lowest BCUT2D eigenvalue weighted by Gasteiger charge is -2.10. The minimum atomic E-state index is -4.49. The van der Waals surface area contributed by atoms with Crippen LogP contribution in [0, 0.1) is 0 Å². The van der Waals surface area contributed by atoms with Crippen molar-refractivity contribution >= 4 is 21.6 Å². The third kappa shape index (κ3) is 7.44. The van der Waals surface area contributed by atoms with Gasteiger partial charge in [-0.25, -0.2) is 13.1 Å². The summed E-state index contributed by atoms with van der Waals surface area (Å²) in [5, 5.41) is 2.45. The molecule has 3 aromatic carbocycles. The number of anilines is 1. The summed E-state index contributed by atoms with van der Waals surface area (Å²) < 4.78 is 65.8. The molecule has 9 heteroatoms. The molecule has 1 amide bonds. The molecule has 0 spiro atoms. The van der Waals surface area contributed by atoms with E-state index in [-0.39, 0.29) is 23.5 Å². The molecule has 0 aliphatic heterocycles. The first kappa shape index (κ1) is 24.5. The lowest BCUT2D eigenvalue weighted by molar-refractivity contribution is -0.137. The highest BCUT2D eigenvalue weighted by Gasteiger charge is 2.30. The van der Waals surface area contributed by atoms with E-state index < -0.39 is 27.7 Å². The van der Waals surface area contributed by atoms with Crippen LogP contribution in [0.1, 0.15) is 23.1 Å². The Morgan fingerprint density at radius 2 is 1.48 bits per heavy atom. The second kappa shape index (κ2) is 10.6. The van der Waals surface area contributed by atoms with Gasteiger partial charge in [0.1, 0.15) is 0 Å². The van der Waals surface area contributed by atoms with Gasteiger partial charge in [-0.3, -0.25) is 4.79 Å². The largest absolute Gasteiger partial charge is 0.416 e. The average molecular weight is 477 g/mol. The molecule has 0 saturated heterocycles. The Kier molecular flexibility index (Phi) is 7.88. The van der Waals surface area contributed by atoms with Crippen LogP contribution in [0.3, 0.4) is 0 Å². The number of hydrogen-bond acceptors (Lipinski definition) is 3. The Hall–Kier alpha value is -3.17. The van der Waals surface area contributed by atoms with E-state index in [1.54, 1.807) is 12.1 Å². The van der Waals surface area contributed by atoms with Gasteiger partial charge in [0.25, 0.3) is 0 Å². The van der Waals surface area contributed by atoms with Crippen LogP contribution in [-0.2, 0) is 33.8 Å². The highest BCUT2D eigenvalue weighted by molar-refractivity contribution is 7.89. The lowest BCUT2D eigenvalue weighted by Crippen LogP contribution is -2.26. The van der Waals surface area contributed by atoms with E-state index in [2.05, 4.69) is 10.0 Å². The summed E-state index contributed by atoms with van der Waals surface area (Å²) in [6, 6.07) is 20.1. The molecule has 33 heavy (non-hydrogen) atoms. The smallest absolute Gasteiger partial charge is 0.326 e. The van der Waals surface area contributed by atoms with Crippen molar-refractivity contribution in [3.63, 3.8) is 0 Å². The molecule has 0 aromatic heterocycles. The number of amides is 1. The van der Waals surface area contributed by atoms with Gasteiger partial charge in [0.05, 0.1) is 10.5 Å². The quantitative estimate of drug-likeness (QED) is 0.466. The summed E-state index contributed by atoms with van der Waals surface area (Å²) in [4.78, 5) is 12.2. The zero-order valence-electron chi connectivity index (χ0n) is 17.6. The summed E-state index contributed by atoms with van der Waals surface area (Å²) in [7, 11) is -3.66. The van der Waals surface area contributed by atoms with Crippen molar-refractivity contribution in [1.82, 2.24) is 4.72 Å². The molecule has 2 N–H and O–H groups in total. The van der Waals surface area contributed by atoms with Crippen LogP contribution >= 0.6 is 0 Å². The minimum absolute atomic E-state index is 0.0394. The molecule has 0 atom stereocenters. The van der Waals surface area contributed by atoms with Gasteiger partial charge in [-0.1, -0.05) is 48.5 Å². The normalized spacial score (nSPS) is 11.8. The van der Waals surface area contributed by atoms with Crippen LogP contribution in [0.5, 0.6) is 0 Å².